The zero-order valence-electron chi connectivity index (χ0n) is 19.8. The Hall–Kier alpha value is -4.48. The number of carboxylic acids is 1. The predicted molar refractivity (Wildman–Crippen MR) is 126 cm³/mol. The largest absolute Gasteiger partial charge is 0.478 e. The summed E-state index contributed by atoms with van der Waals surface area (Å²) in [6.45, 7) is 3.50. The third-order valence-corrected chi connectivity index (χ3v) is 5.52. The van der Waals surface area contributed by atoms with Crippen LogP contribution in [0.15, 0.2) is 60.9 Å². The third kappa shape index (κ3) is 5.52. The van der Waals surface area contributed by atoms with Gasteiger partial charge in [0, 0.05) is 5.56 Å². The fraction of sp³-hybridized carbons (Fsp3) is 0.240. The average molecular weight is 513 g/mol. The Bertz CT molecular complexity index is 1430. The van der Waals surface area contributed by atoms with E-state index in [1.165, 1.54) is 41.1 Å². The zero-order valence-corrected chi connectivity index (χ0v) is 19.8. The van der Waals surface area contributed by atoms with Gasteiger partial charge in [0.2, 0.25) is 0 Å². The molecule has 2 aromatic heterocycles. The van der Waals surface area contributed by atoms with Crippen molar-refractivity contribution in [3.05, 3.63) is 77.7 Å². The van der Waals surface area contributed by atoms with Crippen LogP contribution >= 0.6 is 0 Å². The molecule has 0 amide bonds. The normalized spacial score (nSPS) is 12.4. The lowest BCUT2D eigenvalue weighted by Gasteiger charge is -2.15. The number of benzene rings is 2. The molecule has 0 radical (unpaired) electrons. The van der Waals surface area contributed by atoms with Gasteiger partial charge in [0.05, 0.1) is 35.4 Å². The number of esters is 1. The molecular formula is C25H22F3N5O4. The summed E-state index contributed by atoms with van der Waals surface area (Å²) in [5.41, 5.74) is -0.267. The number of hydrogen-bond donors (Lipinski definition) is 1. The first kappa shape index (κ1) is 25.6. The minimum Gasteiger partial charge on any atom is -0.478 e. The lowest BCUT2D eigenvalue weighted by Crippen LogP contribution is -2.21. The van der Waals surface area contributed by atoms with Gasteiger partial charge in [-0.25, -0.2) is 19.0 Å². The summed E-state index contributed by atoms with van der Waals surface area (Å²) in [7, 11) is 0. The summed E-state index contributed by atoms with van der Waals surface area (Å²) in [4.78, 5) is 23.6. The first-order valence-corrected chi connectivity index (χ1v) is 11.3. The van der Waals surface area contributed by atoms with Crippen LogP contribution in [0.4, 0.5) is 13.2 Å². The molecule has 1 unspecified atom stereocenters. The Balaban J connectivity index is 1.62. The molecular weight excluding hydrogens is 491 g/mol. The standard InChI is InChI=1S/C25H22F3N5O4/c1-3-5-15(2)37-24(36)20-13-29-33(22(20)25(26,27)28)19-10-8-18(9-11-19)32-14-21(30-31-32)16-6-4-7-17(12-16)23(34)35/h4,6-15H,3,5H2,1-2H3,(H,34,35). The summed E-state index contributed by atoms with van der Waals surface area (Å²) in [6, 6.07) is 12.0. The minimum atomic E-state index is -4.86. The molecule has 0 saturated heterocycles. The Morgan fingerprint density at radius 3 is 2.46 bits per heavy atom. The Labute approximate surface area is 209 Å². The van der Waals surface area contributed by atoms with Crippen LogP contribution in [0.25, 0.3) is 22.6 Å². The fourth-order valence-electron chi connectivity index (χ4n) is 3.76. The molecule has 0 aliphatic rings. The number of carbonyl (C=O) groups is 2. The highest BCUT2D eigenvalue weighted by atomic mass is 19.4. The second-order valence-corrected chi connectivity index (χ2v) is 8.27. The number of nitrogens with zero attached hydrogens (tertiary/aromatic N) is 5. The number of ether oxygens (including phenoxy) is 1. The highest BCUT2D eigenvalue weighted by Gasteiger charge is 2.41. The molecule has 0 saturated carbocycles. The summed E-state index contributed by atoms with van der Waals surface area (Å²) in [5.74, 6) is -2.16. The minimum absolute atomic E-state index is 0.0752. The molecule has 0 spiro atoms. The van der Waals surface area contributed by atoms with Crippen molar-refractivity contribution in [2.45, 2.75) is 39.0 Å². The van der Waals surface area contributed by atoms with Crippen LogP contribution in [0.5, 0.6) is 0 Å². The van der Waals surface area contributed by atoms with Crippen molar-refractivity contribution >= 4 is 11.9 Å². The first-order chi connectivity index (χ1) is 17.6. The fourth-order valence-corrected chi connectivity index (χ4v) is 3.76. The van der Waals surface area contributed by atoms with Crippen LogP contribution in [-0.4, -0.2) is 47.9 Å². The van der Waals surface area contributed by atoms with Crippen molar-refractivity contribution in [3.8, 4) is 22.6 Å². The van der Waals surface area contributed by atoms with E-state index < -0.39 is 35.5 Å². The van der Waals surface area contributed by atoms with Crippen molar-refractivity contribution in [2.75, 3.05) is 0 Å². The van der Waals surface area contributed by atoms with E-state index in [2.05, 4.69) is 15.4 Å². The van der Waals surface area contributed by atoms with Gasteiger partial charge in [-0.3, -0.25) is 0 Å². The molecule has 0 aliphatic heterocycles. The van der Waals surface area contributed by atoms with E-state index in [0.29, 0.717) is 34.5 Å². The highest BCUT2D eigenvalue weighted by Crippen LogP contribution is 2.34. The monoisotopic (exact) mass is 513 g/mol. The van der Waals surface area contributed by atoms with Gasteiger partial charge in [-0.1, -0.05) is 30.7 Å². The summed E-state index contributed by atoms with van der Waals surface area (Å²) < 4.78 is 49.0. The number of carbonyl (C=O) groups excluding carboxylic acids is 1. The van der Waals surface area contributed by atoms with Crippen LogP contribution in [0, 0.1) is 0 Å². The van der Waals surface area contributed by atoms with Crippen LogP contribution in [-0.2, 0) is 10.9 Å². The first-order valence-electron chi connectivity index (χ1n) is 11.3. The van der Waals surface area contributed by atoms with Gasteiger partial charge in [0.15, 0.2) is 5.69 Å². The molecule has 0 fully saturated rings. The number of halogens is 3. The molecule has 2 heterocycles. The predicted octanol–water partition coefficient (Wildman–Crippen LogP) is 5.18. The number of aromatic carboxylic acids is 1. The maximum atomic E-state index is 13.9. The number of rotatable bonds is 8. The molecule has 1 N–H and O–H groups in total. The Morgan fingerprint density at radius 1 is 1.11 bits per heavy atom. The Morgan fingerprint density at radius 2 is 1.81 bits per heavy atom. The number of hydrogen-bond acceptors (Lipinski definition) is 6. The second-order valence-electron chi connectivity index (χ2n) is 8.27. The lowest BCUT2D eigenvalue weighted by atomic mass is 10.1. The van der Waals surface area contributed by atoms with Crippen LogP contribution < -0.4 is 0 Å². The van der Waals surface area contributed by atoms with Crippen molar-refractivity contribution in [3.63, 3.8) is 0 Å². The van der Waals surface area contributed by atoms with E-state index >= 15 is 0 Å². The van der Waals surface area contributed by atoms with Crippen molar-refractivity contribution in [1.82, 2.24) is 24.8 Å². The van der Waals surface area contributed by atoms with E-state index in [9.17, 15) is 27.9 Å². The topological polar surface area (TPSA) is 112 Å². The van der Waals surface area contributed by atoms with E-state index in [0.717, 1.165) is 6.20 Å². The van der Waals surface area contributed by atoms with Gasteiger partial charge in [0.25, 0.3) is 0 Å². The zero-order chi connectivity index (χ0) is 26.7. The van der Waals surface area contributed by atoms with Crippen molar-refractivity contribution in [2.24, 2.45) is 0 Å². The number of aromatic nitrogens is 5. The van der Waals surface area contributed by atoms with E-state index in [-0.39, 0.29) is 11.3 Å². The maximum absolute atomic E-state index is 13.9. The molecule has 4 aromatic rings. The maximum Gasteiger partial charge on any atom is 0.434 e. The van der Waals surface area contributed by atoms with Crippen LogP contribution in [0.2, 0.25) is 0 Å². The van der Waals surface area contributed by atoms with Gasteiger partial charge in [-0.2, -0.15) is 18.3 Å². The van der Waals surface area contributed by atoms with E-state index in [4.69, 9.17) is 4.74 Å². The van der Waals surface area contributed by atoms with Gasteiger partial charge < -0.3 is 9.84 Å². The molecule has 0 bridgehead atoms. The van der Waals surface area contributed by atoms with E-state index in [1.54, 1.807) is 25.3 Å². The quantitative estimate of drug-likeness (QED) is 0.323. The molecule has 192 valence electrons. The SMILES string of the molecule is CCCC(C)OC(=O)c1cnn(-c2ccc(-n3cc(-c4cccc(C(=O)O)c4)nn3)cc2)c1C(F)(F)F. The van der Waals surface area contributed by atoms with E-state index in [1.807, 2.05) is 6.92 Å². The summed E-state index contributed by atoms with van der Waals surface area (Å²) in [6.07, 6.45) is -1.72. The molecule has 12 heteroatoms. The van der Waals surface area contributed by atoms with Crippen LogP contribution in [0.3, 0.4) is 0 Å². The molecule has 9 nitrogen and oxygen atoms in total. The van der Waals surface area contributed by atoms with Gasteiger partial charge >= 0.3 is 18.1 Å². The molecule has 0 aliphatic carbocycles. The summed E-state index contributed by atoms with van der Waals surface area (Å²) in [5, 5.41) is 21.1. The highest BCUT2D eigenvalue weighted by molar-refractivity contribution is 5.91. The molecule has 37 heavy (non-hydrogen) atoms. The molecule has 2 aromatic carbocycles. The van der Waals surface area contributed by atoms with Gasteiger partial charge in [-0.05, 0) is 49.7 Å². The molecule has 1 atom stereocenters. The average Bonchev–Trinajstić information content (AvgIpc) is 3.52. The molecule has 4 rings (SSSR count). The van der Waals surface area contributed by atoms with Gasteiger partial charge in [-0.15, -0.1) is 5.10 Å². The smallest absolute Gasteiger partial charge is 0.434 e. The second kappa shape index (κ2) is 10.2. The summed E-state index contributed by atoms with van der Waals surface area (Å²) >= 11 is 0. The lowest BCUT2D eigenvalue weighted by molar-refractivity contribution is -0.143. The third-order valence-electron chi connectivity index (χ3n) is 5.52. The van der Waals surface area contributed by atoms with Crippen molar-refractivity contribution in [1.29, 1.82) is 0 Å². The van der Waals surface area contributed by atoms with Crippen LogP contribution in [0.1, 0.15) is 53.1 Å². The number of alkyl halides is 3. The van der Waals surface area contributed by atoms with Crippen molar-refractivity contribution < 1.29 is 32.6 Å². The van der Waals surface area contributed by atoms with Gasteiger partial charge in [0.1, 0.15) is 11.3 Å². The number of carboxylic acid groups (broad SMARTS) is 1. The Kier molecular flexibility index (Phi) is 7.09.